The van der Waals surface area contributed by atoms with E-state index in [1.165, 1.54) is 0 Å². The fourth-order valence-electron chi connectivity index (χ4n) is 2.93. The number of aryl methyl sites for hydroxylation is 1. The van der Waals surface area contributed by atoms with Crippen molar-refractivity contribution in [3.05, 3.63) is 89.0 Å². The van der Waals surface area contributed by atoms with Gasteiger partial charge >= 0.3 is 0 Å². The molecule has 0 aliphatic rings. The number of carbonyl (C=O) groups excluding carboxylic acids is 2. The van der Waals surface area contributed by atoms with Gasteiger partial charge in [-0.1, -0.05) is 24.3 Å². The van der Waals surface area contributed by atoms with Gasteiger partial charge in [0.15, 0.2) is 0 Å². The van der Waals surface area contributed by atoms with Crippen molar-refractivity contribution >= 4 is 23.2 Å². The van der Waals surface area contributed by atoms with Crippen LogP contribution in [0, 0.1) is 13.8 Å². The summed E-state index contributed by atoms with van der Waals surface area (Å²) in [5, 5.41) is 5.77. The average Bonchev–Trinajstić information content (AvgIpc) is 2.72. The lowest BCUT2D eigenvalue weighted by Crippen LogP contribution is -2.18. The van der Waals surface area contributed by atoms with Gasteiger partial charge in [0, 0.05) is 11.3 Å². The SMILES string of the molecule is CCOc1ccc(C(=O)Nc2ccccc2C(=O)Nc2cccc(C)c2C)cc1. The third-order valence-corrected chi connectivity index (χ3v) is 4.70. The molecule has 0 bridgehead atoms. The number of carbonyl (C=O) groups is 2. The standard InChI is InChI=1S/C24H24N2O3/c1-4-29-19-14-12-18(13-15-19)23(27)26-22-10-6-5-9-20(22)24(28)25-21-11-7-8-16(2)17(21)3/h5-15H,4H2,1-3H3,(H,25,28)(H,26,27). The van der Waals surface area contributed by atoms with Crippen molar-refractivity contribution in [1.29, 1.82) is 0 Å². The van der Waals surface area contributed by atoms with Crippen LogP contribution in [0.1, 0.15) is 38.8 Å². The van der Waals surface area contributed by atoms with Crippen molar-refractivity contribution in [3.63, 3.8) is 0 Å². The van der Waals surface area contributed by atoms with Gasteiger partial charge in [-0.05, 0) is 74.4 Å². The number of benzene rings is 3. The molecule has 0 radical (unpaired) electrons. The molecule has 5 heteroatoms. The summed E-state index contributed by atoms with van der Waals surface area (Å²) in [4.78, 5) is 25.5. The highest BCUT2D eigenvalue weighted by atomic mass is 16.5. The molecule has 29 heavy (non-hydrogen) atoms. The zero-order valence-electron chi connectivity index (χ0n) is 16.8. The minimum Gasteiger partial charge on any atom is -0.494 e. The highest BCUT2D eigenvalue weighted by Crippen LogP contribution is 2.22. The van der Waals surface area contributed by atoms with E-state index in [1.807, 2.05) is 39.0 Å². The maximum atomic E-state index is 12.9. The summed E-state index contributed by atoms with van der Waals surface area (Å²) < 4.78 is 5.40. The average molecular weight is 388 g/mol. The maximum Gasteiger partial charge on any atom is 0.257 e. The van der Waals surface area contributed by atoms with Crippen LogP contribution < -0.4 is 15.4 Å². The van der Waals surface area contributed by atoms with E-state index >= 15 is 0 Å². The number of amides is 2. The van der Waals surface area contributed by atoms with Gasteiger partial charge in [0.25, 0.3) is 11.8 Å². The summed E-state index contributed by atoms with van der Waals surface area (Å²) >= 11 is 0. The second kappa shape index (κ2) is 9.06. The van der Waals surface area contributed by atoms with Gasteiger partial charge < -0.3 is 15.4 Å². The highest BCUT2D eigenvalue weighted by Gasteiger charge is 2.15. The fraction of sp³-hybridized carbons (Fsp3) is 0.167. The van der Waals surface area contributed by atoms with Gasteiger partial charge in [0.1, 0.15) is 5.75 Å². The number of ether oxygens (including phenoxy) is 1. The first kappa shape index (κ1) is 20.1. The van der Waals surface area contributed by atoms with E-state index in [9.17, 15) is 9.59 Å². The predicted molar refractivity (Wildman–Crippen MR) is 116 cm³/mol. The van der Waals surface area contributed by atoms with E-state index in [0.717, 1.165) is 16.8 Å². The number of anilines is 2. The normalized spacial score (nSPS) is 10.3. The second-order valence-electron chi connectivity index (χ2n) is 6.66. The molecule has 0 aromatic heterocycles. The van der Waals surface area contributed by atoms with Gasteiger partial charge in [-0.15, -0.1) is 0 Å². The molecule has 0 saturated heterocycles. The Bertz CT molecular complexity index is 1030. The minimum absolute atomic E-state index is 0.277. The lowest BCUT2D eigenvalue weighted by atomic mass is 10.1. The summed E-state index contributed by atoms with van der Waals surface area (Å²) in [5.41, 5.74) is 4.19. The van der Waals surface area contributed by atoms with Gasteiger partial charge in [0.2, 0.25) is 0 Å². The number of para-hydroxylation sites is 1. The van der Waals surface area contributed by atoms with Crippen molar-refractivity contribution < 1.29 is 14.3 Å². The van der Waals surface area contributed by atoms with Crippen molar-refractivity contribution in [2.45, 2.75) is 20.8 Å². The zero-order valence-corrected chi connectivity index (χ0v) is 16.8. The van der Waals surface area contributed by atoms with Gasteiger partial charge in [-0.2, -0.15) is 0 Å². The summed E-state index contributed by atoms with van der Waals surface area (Å²) in [5.74, 6) is 0.138. The Morgan fingerprint density at radius 2 is 1.45 bits per heavy atom. The third-order valence-electron chi connectivity index (χ3n) is 4.70. The number of rotatable bonds is 6. The van der Waals surface area contributed by atoms with Gasteiger partial charge in [0.05, 0.1) is 17.9 Å². The number of hydrogen-bond donors (Lipinski definition) is 2. The zero-order chi connectivity index (χ0) is 20.8. The molecule has 3 aromatic carbocycles. The molecule has 0 saturated carbocycles. The Balaban J connectivity index is 1.78. The first-order chi connectivity index (χ1) is 14.0. The molecular weight excluding hydrogens is 364 g/mol. The Morgan fingerprint density at radius 1 is 0.793 bits per heavy atom. The van der Waals surface area contributed by atoms with Crippen molar-refractivity contribution in [2.75, 3.05) is 17.2 Å². The predicted octanol–water partition coefficient (Wildman–Crippen LogP) is 5.21. The Hall–Kier alpha value is -3.60. The molecule has 3 aromatic rings. The molecule has 0 aliphatic carbocycles. The maximum absolute atomic E-state index is 12.9. The van der Waals surface area contributed by atoms with Crippen LogP contribution in [0.3, 0.4) is 0 Å². The van der Waals surface area contributed by atoms with Crippen molar-refractivity contribution in [2.24, 2.45) is 0 Å². The van der Waals surface area contributed by atoms with E-state index in [4.69, 9.17) is 4.74 Å². The van der Waals surface area contributed by atoms with Crippen LogP contribution in [0.2, 0.25) is 0 Å². The van der Waals surface area contributed by atoms with E-state index in [1.54, 1.807) is 48.5 Å². The summed E-state index contributed by atoms with van der Waals surface area (Å²) in [6.07, 6.45) is 0. The molecule has 0 spiro atoms. The summed E-state index contributed by atoms with van der Waals surface area (Å²) in [7, 11) is 0. The molecule has 3 rings (SSSR count). The van der Waals surface area contributed by atoms with Crippen LogP contribution in [0.4, 0.5) is 11.4 Å². The molecule has 2 N–H and O–H groups in total. The molecule has 0 heterocycles. The lowest BCUT2D eigenvalue weighted by Gasteiger charge is -2.14. The highest BCUT2D eigenvalue weighted by molar-refractivity contribution is 6.12. The molecule has 0 fully saturated rings. The van der Waals surface area contributed by atoms with Crippen molar-refractivity contribution in [3.8, 4) is 5.75 Å². The Labute approximate surface area is 170 Å². The van der Waals surface area contributed by atoms with E-state index in [-0.39, 0.29) is 11.8 Å². The van der Waals surface area contributed by atoms with Gasteiger partial charge in [-0.25, -0.2) is 0 Å². The van der Waals surface area contributed by atoms with E-state index in [0.29, 0.717) is 29.2 Å². The molecule has 5 nitrogen and oxygen atoms in total. The largest absolute Gasteiger partial charge is 0.494 e. The van der Waals surface area contributed by atoms with Crippen molar-refractivity contribution in [1.82, 2.24) is 0 Å². The van der Waals surface area contributed by atoms with Crippen LogP contribution in [0.15, 0.2) is 66.7 Å². The van der Waals surface area contributed by atoms with Crippen LogP contribution in [-0.2, 0) is 0 Å². The molecule has 0 unspecified atom stereocenters. The van der Waals surface area contributed by atoms with E-state index < -0.39 is 0 Å². The second-order valence-corrected chi connectivity index (χ2v) is 6.66. The molecule has 0 atom stereocenters. The monoisotopic (exact) mass is 388 g/mol. The number of nitrogens with one attached hydrogen (secondary N) is 2. The van der Waals surface area contributed by atoms with Gasteiger partial charge in [-0.3, -0.25) is 9.59 Å². The molecule has 148 valence electrons. The Kier molecular flexibility index (Phi) is 6.29. The van der Waals surface area contributed by atoms with E-state index in [2.05, 4.69) is 10.6 Å². The quantitative estimate of drug-likeness (QED) is 0.609. The molecule has 0 aliphatic heterocycles. The van der Waals surface area contributed by atoms with Crippen LogP contribution in [0.25, 0.3) is 0 Å². The minimum atomic E-state index is -0.292. The first-order valence-electron chi connectivity index (χ1n) is 9.50. The smallest absolute Gasteiger partial charge is 0.257 e. The summed E-state index contributed by atoms with van der Waals surface area (Å²) in [6.45, 7) is 6.43. The fourth-order valence-corrected chi connectivity index (χ4v) is 2.93. The number of hydrogen-bond acceptors (Lipinski definition) is 3. The van der Waals surface area contributed by atoms with Crippen LogP contribution in [-0.4, -0.2) is 18.4 Å². The first-order valence-corrected chi connectivity index (χ1v) is 9.50. The third kappa shape index (κ3) is 4.82. The summed E-state index contributed by atoms with van der Waals surface area (Å²) in [6, 6.07) is 19.6. The lowest BCUT2D eigenvalue weighted by molar-refractivity contribution is 0.102. The molecule has 2 amide bonds. The van der Waals surface area contributed by atoms with Crippen LogP contribution in [0.5, 0.6) is 5.75 Å². The topological polar surface area (TPSA) is 67.4 Å². The Morgan fingerprint density at radius 3 is 2.17 bits per heavy atom. The van der Waals surface area contributed by atoms with Crippen LogP contribution >= 0.6 is 0 Å². The molecular formula is C24H24N2O3.